The van der Waals surface area contributed by atoms with E-state index in [2.05, 4.69) is 98.9 Å². The maximum Gasteiger partial charge on any atom is 0.306 e. The summed E-state index contributed by atoms with van der Waals surface area (Å²) in [5, 5.41) is 11.8. The Hall–Kier alpha value is -3.53. The van der Waals surface area contributed by atoms with Gasteiger partial charge < -0.3 is 33.3 Å². The molecule has 0 bridgehead atoms. The molecule has 84 heavy (non-hydrogen) atoms. The monoisotopic (exact) mass is 1180 g/mol. The number of carboxylic acid groups (broad SMARTS) is 1. The molecule has 9 heteroatoms. The number of unbranched alkanes of at least 4 members (excludes halogenated alkanes) is 36. The van der Waals surface area contributed by atoms with E-state index in [1.165, 1.54) is 193 Å². The Morgan fingerprint density at radius 1 is 0.369 bits per heavy atom. The topological polar surface area (TPSA) is 111 Å². The van der Waals surface area contributed by atoms with E-state index in [-0.39, 0.29) is 32.2 Å². The van der Waals surface area contributed by atoms with Gasteiger partial charge >= 0.3 is 11.9 Å². The van der Waals surface area contributed by atoms with Crippen molar-refractivity contribution in [1.82, 2.24) is 0 Å². The smallest absolute Gasteiger partial charge is 0.306 e. The molecule has 0 saturated carbocycles. The molecular formula is C75H133NO8. The van der Waals surface area contributed by atoms with Crippen molar-refractivity contribution in [3.05, 3.63) is 85.1 Å². The summed E-state index contributed by atoms with van der Waals surface area (Å²) < 4.78 is 22.8. The molecular weight excluding hydrogens is 1040 g/mol. The standard InChI is InChI=1S/C75H133NO8/c1-6-8-10-12-14-16-18-20-22-24-26-28-30-32-34-35-36-37-38-39-40-42-44-46-48-50-52-54-56-58-60-62-64-66-73(78)84-71(70-83-75(74(79)80)81-68-67-76(3,4)5)69-82-72(77)65-63-61-59-57-55-53-51-49-47-45-43-41-33-31-29-27-25-23-21-19-17-15-13-11-9-7-2/h8,10,14,16,20,22,26,28,32,34,36-37,39-40,71,75H,6-7,9,11-13,15,17-19,21,23-25,27,29-31,33,35,38,41-70H2,1-5H3/b10-8-,16-14-,22-20-,28-26-,34-32-,37-36-,40-39-. The lowest BCUT2D eigenvalue weighted by Crippen LogP contribution is -2.44. The number of likely N-dealkylation sites (N-methyl/N-ethyl adjacent to an activating group) is 1. The summed E-state index contributed by atoms with van der Waals surface area (Å²) in [4.78, 5) is 37.5. The number of hydrogen-bond acceptors (Lipinski definition) is 8. The van der Waals surface area contributed by atoms with Crippen LogP contribution >= 0.6 is 0 Å². The van der Waals surface area contributed by atoms with Gasteiger partial charge in [0.05, 0.1) is 40.3 Å². The number of carbonyl (C=O) groups is 3. The van der Waals surface area contributed by atoms with Crippen molar-refractivity contribution in [2.75, 3.05) is 47.5 Å². The highest BCUT2D eigenvalue weighted by molar-refractivity contribution is 5.70. The van der Waals surface area contributed by atoms with Gasteiger partial charge in [-0.15, -0.1) is 0 Å². The molecule has 0 aromatic carbocycles. The summed E-state index contributed by atoms with van der Waals surface area (Å²) in [5.74, 6) is -2.27. The summed E-state index contributed by atoms with van der Waals surface area (Å²) in [7, 11) is 5.93. The molecule has 0 heterocycles. The van der Waals surface area contributed by atoms with Gasteiger partial charge in [0.15, 0.2) is 12.4 Å². The van der Waals surface area contributed by atoms with E-state index in [1.807, 2.05) is 21.1 Å². The van der Waals surface area contributed by atoms with Crippen LogP contribution in [0.1, 0.15) is 316 Å². The van der Waals surface area contributed by atoms with Gasteiger partial charge in [-0.3, -0.25) is 9.59 Å². The molecule has 0 spiro atoms. The maximum atomic E-state index is 12.9. The molecule has 486 valence electrons. The molecule has 0 rings (SSSR count). The first-order valence-corrected chi connectivity index (χ1v) is 35.2. The largest absolute Gasteiger partial charge is 0.545 e. The second kappa shape index (κ2) is 65.4. The summed E-state index contributed by atoms with van der Waals surface area (Å²) in [5.41, 5.74) is 0. The highest BCUT2D eigenvalue weighted by Gasteiger charge is 2.22. The van der Waals surface area contributed by atoms with Gasteiger partial charge in [-0.1, -0.05) is 317 Å². The summed E-state index contributed by atoms with van der Waals surface area (Å²) in [6.07, 6.45) is 85.2. The van der Waals surface area contributed by atoms with Crippen molar-refractivity contribution < 1.29 is 42.9 Å². The lowest BCUT2D eigenvalue weighted by Gasteiger charge is -2.26. The predicted molar refractivity (Wildman–Crippen MR) is 357 cm³/mol. The van der Waals surface area contributed by atoms with Crippen LogP contribution in [0.3, 0.4) is 0 Å². The van der Waals surface area contributed by atoms with Crippen LogP contribution in [0, 0.1) is 0 Å². The van der Waals surface area contributed by atoms with Crippen molar-refractivity contribution in [3.8, 4) is 0 Å². The van der Waals surface area contributed by atoms with Crippen LogP contribution in [0.4, 0.5) is 0 Å². The van der Waals surface area contributed by atoms with Gasteiger partial charge in [0.25, 0.3) is 0 Å². The molecule has 0 radical (unpaired) electrons. The Morgan fingerprint density at radius 2 is 0.679 bits per heavy atom. The molecule has 0 amide bonds. The fraction of sp³-hybridized carbons (Fsp3) is 0.773. The third kappa shape index (κ3) is 66.0. The number of nitrogens with zero attached hydrogens (tertiary/aromatic N) is 1. The molecule has 0 N–H and O–H groups in total. The van der Waals surface area contributed by atoms with Crippen LogP contribution in [-0.2, 0) is 33.3 Å². The Labute approximate surface area is 519 Å². The van der Waals surface area contributed by atoms with Crippen LogP contribution in [-0.4, -0.2) is 82.3 Å². The molecule has 0 aliphatic rings. The molecule has 0 aromatic heterocycles. The fourth-order valence-corrected chi connectivity index (χ4v) is 10.0. The Morgan fingerprint density at radius 3 is 1.01 bits per heavy atom. The average molecular weight is 1180 g/mol. The predicted octanol–water partition coefficient (Wildman–Crippen LogP) is 20.5. The fourth-order valence-electron chi connectivity index (χ4n) is 10.0. The number of allylic oxidation sites excluding steroid dienone is 14. The van der Waals surface area contributed by atoms with Crippen LogP contribution in [0.15, 0.2) is 85.1 Å². The number of hydrogen-bond donors (Lipinski definition) is 0. The number of carbonyl (C=O) groups excluding carboxylic acids is 3. The van der Waals surface area contributed by atoms with E-state index < -0.39 is 24.3 Å². The zero-order valence-electron chi connectivity index (χ0n) is 55.5. The third-order valence-corrected chi connectivity index (χ3v) is 15.4. The SMILES string of the molecule is CC/C=C\C/C=C\C/C=C\C/C=C\C/C=C\C/C=C\C/C=C\CCCCCCCCCCCCCC(=O)OC(COC(=O)CCCCCCCCCCCCCCCCCCCCCCCCCCCC)COC(OCC[N+](C)(C)C)C(=O)[O-]. The van der Waals surface area contributed by atoms with E-state index in [1.54, 1.807) is 0 Å². The lowest BCUT2D eigenvalue weighted by molar-refractivity contribution is -0.870. The van der Waals surface area contributed by atoms with Gasteiger partial charge in [0.1, 0.15) is 13.2 Å². The zero-order chi connectivity index (χ0) is 61.2. The number of carboxylic acids is 1. The van der Waals surface area contributed by atoms with Crippen LogP contribution < -0.4 is 5.11 Å². The normalized spacial score (nSPS) is 13.2. The van der Waals surface area contributed by atoms with E-state index in [0.717, 1.165) is 89.9 Å². The van der Waals surface area contributed by atoms with Gasteiger partial charge in [-0.05, 0) is 70.6 Å². The Bertz CT molecular complexity index is 1650. The molecule has 2 unspecified atom stereocenters. The van der Waals surface area contributed by atoms with E-state index in [9.17, 15) is 19.5 Å². The van der Waals surface area contributed by atoms with Crippen molar-refractivity contribution in [1.29, 1.82) is 0 Å². The molecule has 2 atom stereocenters. The Balaban J connectivity index is 4.12. The van der Waals surface area contributed by atoms with Crippen LogP contribution in [0.5, 0.6) is 0 Å². The van der Waals surface area contributed by atoms with Gasteiger partial charge in [-0.2, -0.15) is 0 Å². The quantitative estimate of drug-likeness (QED) is 0.0195. The van der Waals surface area contributed by atoms with Gasteiger partial charge in [0, 0.05) is 12.8 Å². The van der Waals surface area contributed by atoms with Gasteiger partial charge in [-0.25, -0.2) is 0 Å². The van der Waals surface area contributed by atoms with Crippen molar-refractivity contribution in [2.45, 2.75) is 328 Å². The highest BCUT2D eigenvalue weighted by Crippen LogP contribution is 2.18. The average Bonchev–Trinajstić information content (AvgIpc) is 3.51. The van der Waals surface area contributed by atoms with Crippen LogP contribution in [0.25, 0.3) is 0 Å². The van der Waals surface area contributed by atoms with Gasteiger partial charge in [0.2, 0.25) is 0 Å². The molecule has 0 aliphatic carbocycles. The summed E-state index contributed by atoms with van der Waals surface area (Å²) >= 11 is 0. The first-order valence-electron chi connectivity index (χ1n) is 35.2. The minimum atomic E-state index is -1.63. The molecule has 0 aliphatic heterocycles. The minimum Gasteiger partial charge on any atom is -0.545 e. The lowest BCUT2D eigenvalue weighted by atomic mass is 10.0. The zero-order valence-corrected chi connectivity index (χ0v) is 55.5. The molecule has 0 aromatic rings. The third-order valence-electron chi connectivity index (χ3n) is 15.4. The first kappa shape index (κ1) is 80.5. The highest BCUT2D eigenvalue weighted by atomic mass is 16.7. The van der Waals surface area contributed by atoms with Crippen molar-refractivity contribution >= 4 is 17.9 Å². The number of aliphatic carboxylic acids is 1. The summed E-state index contributed by atoms with van der Waals surface area (Å²) in [6.45, 7) is 4.67. The Kier molecular flexibility index (Phi) is 62.7. The molecule has 0 fully saturated rings. The molecule has 9 nitrogen and oxygen atoms in total. The van der Waals surface area contributed by atoms with Crippen LogP contribution in [0.2, 0.25) is 0 Å². The second-order valence-electron chi connectivity index (χ2n) is 24.8. The van der Waals surface area contributed by atoms with E-state index >= 15 is 0 Å². The molecule has 0 saturated heterocycles. The van der Waals surface area contributed by atoms with Crippen molar-refractivity contribution in [3.63, 3.8) is 0 Å². The second-order valence-corrected chi connectivity index (χ2v) is 24.8. The number of rotatable bonds is 65. The van der Waals surface area contributed by atoms with E-state index in [0.29, 0.717) is 23.9 Å². The first-order chi connectivity index (χ1) is 41.1. The maximum absolute atomic E-state index is 12.9. The summed E-state index contributed by atoms with van der Waals surface area (Å²) in [6, 6.07) is 0. The number of quaternary nitrogens is 1. The van der Waals surface area contributed by atoms with E-state index in [4.69, 9.17) is 18.9 Å². The van der Waals surface area contributed by atoms with Crippen molar-refractivity contribution in [2.24, 2.45) is 0 Å². The minimum absolute atomic E-state index is 0.146. The number of ether oxygens (including phenoxy) is 4. The number of esters is 2.